The number of nitrogens with two attached hydrogens (primary N) is 1. The normalized spacial score (nSPS) is 14.8. The lowest BCUT2D eigenvalue weighted by Crippen LogP contribution is -2.42. The molecule has 2 heterocycles. The number of rotatable bonds is 3. The van der Waals surface area contributed by atoms with Gasteiger partial charge in [-0.2, -0.15) is 0 Å². The molecule has 24 heavy (non-hydrogen) atoms. The van der Waals surface area contributed by atoms with Crippen molar-refractivity contribution in [2.24, 2.45) is 0 Å². The number of carbonyl (C=O) groups excluding carboxylic acids is 2. The first kappa shape index (κ1) is 16.4. The summed E-state index contributed by atoms with van der Waals surface area (Å²) in [7, 11) is 0. The van der Waals surface area contributed by atoms with Crippen LogP contribution in [0.4, 0.5) is 11.6 Å². The lowest BCUT2D eigenvalue weighted by atomic mass is 10.2. The molecule has 7 nitrogen and oxygen atoms in total. The van der Waals surface area contributed by atoms with E-state index in [-0.39, 0.29) is 17.4 Å². The van der Waals surface area contributed by atoms with Gasteiger partial charge in [0.05, 0.1) is 11.4 Å². The van der Waals surface area contributed by atoms with Gasteiger partial charge in [-0.3, -0.25) is 4.79 Å². The van der Waals surface area contributed by atoms with Crippen molar-refractivity contribution >= 4 is 35.2 Å². The number of para-hydroxylation sites is 1. The van der Waals surface area contributed by atoms with E-state index in [1.807, 2.05) is 24.3 Å². The van der Waals surface area contributed by atoms with E-state index in [0.717, 1.165) is 16.3 Å². The summed E-state index contributed by atoms with van der Waals surface area (Å²) in [6.07, 6.45) is -0.942. The van der Waals surface area contributed by atoms with Crippen molar-refractivity contribution in [3.63, 3.8) is 0 Å². The second-order valence-corrected chi connectivity index (χ2v) is 6.50. The molecular formula is C16H17N3O4S. The number of amides is 1. The molecule has 0 aliphatic carbocycles. The van der Waals surface area contributed by atoms with E-state index in [4.69, 9.17) is 15.0 Å². The highest BCUT2D eigenvalue weighted by atomic mass is 32.2. The molecule has 0 radical (unpaired) electrons. The maximum atomic E-state index is 12.7. The molecule has 0 unspecified atom stereocenters. The average molecular weight is 347 g/mol. The van der Waals surface area contributed by atoms with Crippen molar-refractivity contribution in [3.05, 3.63) is 35.5 Å². The molecule has 2 aromatic rings. The number of nitrogens with zero attached hydrogens (tertiary/aromatic N) is 2. The van der Waals surface area contributed by atoms with Gasteiger partial charge in [-0.15, -0.1) is 11.8 Å². The number of anilines is 2. The zero-order valence-corrected chi connectivity index (χ0v) is 14.1. The van der Waals surface area contributed by atoms with E-state index in [1.54, 1.807) is 30.5 Å². The summed E-state index contributed by atoms with van der Waals surface area (Å²) >= 11 is 1.70. The van der Waals surface area contributed by atoms with Crippen LogP contribution in [0.25, 0.3) is 0 Å². The van der Waals surface area contributed by atoms with Crippen LogP contribution >= 0.6 is 11.8 Å². The molecule has 1 aromatic carbocycles. The quantitative estimate of drug-likeness (QED) is 0.850. The second-order valence-electron chi connectivity index (χ2n) is 5.36. The van der Waals surface area contributed by atoms with E-state index < -0.39 is 12.1 Å². The fourth-order valence-corrected chi connectivity index (χ4v) is 3.52. The number of aromatic nitrogens is 1. The van der Waals surface area contributed by atoms with Crippen LogP contribution in [0, 0.1) is 6.92 Å². The first-order chi connectivity index (χ1) is 11.5. The summed E-state index contributed by atoms with van der Waals surface area (Å²) in [4.78, 5) is 27.6. The molecule has 1 aliphatic heterocycles. The number of thioether (sulfide) groups is 1. The minimum atomic E-state index is -0.942. The molecule has 0 fully saturated rings. The van der Waals surface area contributed by atoms with E-state index in [1.165, 1.54) is 0 Å². The van der Waals surface area contributed by atoms with Crippen LogP contribution in [0.15, 0.2) is 33.7 Å². The van der Waals surface area contributed by atoms with Crippen LogP contribution in [-0.4, -0.2) is 35.4 Å². The standard InChI is InChI=1S/C16H17N3O4S/c1-9-13(14(17)23-18-9)16(21)22-10(2)15(20)19-7-8-24-12-6-4-3-5-11(12)19/h3-6,10H,7-8,17H2,1-2H3/t10-/m1/s1. The zero-order chi connectivity index (χ0) is 17.3. The van der Waals surface area contributed by atoms with E-state index in [2.05, 4.69) is 5.16 Å². The first-order valence-electron chi connectivity index (χ1n) is 7.45. The largest absolute Gasteiger partial charge is 0.449 e. The van der Waals surface area contributed by atoms with Crippen molar-refractivity contribution in [1.29, 1.82) is 0 Å². The number of nitrogen functional groups attached to an aromatic ring is 1. The monoisotopic (exact) mass is 347 g/mol. The Labute approximate surface area is 143 Å². The maximum Gasteiger partial charge on any atom is 0.346 e. The molecule has 1 amide bonds. The number of ether oxygens (including phenoxy) is 1. The molecule has 3 rings (SSSR count). The minimum Gasteiger partial charge on any atom is -0.449 e. The van der Waals surface area contributed by atoms with Crippen LogP contribution in [-0.2, 0) is 9.53 Å². The molecule has 0 saturated heterocycles. The number of hydrogen-bond acceptors (Lipinski definition) is 7. The van der Waals surface area contributed by atoms with Crippen molar-refractivity contribution in [2.45, 2.75) is 24.8 Å². The molecule has 0 bridgehead atoms. The second kappa shape index (κ2) is 6.56. The molecule has 1 atom stereocenters. The molecule has 0 spiro atoms. The fraction of sp³-hybridized carbons (Fsp3) is 0.312. The van der Waals surface area contributed by atoms with Gasteiger partial charge in [0, 0.05) is 17.2 Å². The predicted octanol–water partition coefficient (Wildman–Crippen LogP) is 2.25. The Bertz CT molecular complexity index is 770. The number of aryl methyl sites for hydroxylation is 1. The number of carbonyl (C=O) groups is 2. The Balaban J connectivity index is 1.75. The van der Waals surface area contributed by atoms with Gasteiger partial charge in [0.2, 0.25) is 5.88 Å². The highest BCUT2D eigenvalue weighted by molar-refractivity contribution is 7.99. The molecule has 8 heteroatoms. The predicted molar refractivity (Wildman–Crippen MR) is 90.0 cm³/mol. The summed E-state index contributed by atoms with van der Waals surface area (Å²) in [5, 5.41) is 3.61. The Morgan fingerprint density at radius 1 is 1.42 bits per heavy atom. The van der Waals surface area contributed by atoms with Crippen LogP contribution in [0.2, 0.25) is 0 Å². The first-order valence-corrected chi connectivity index (χ1v) is 8.43. The van der Waals surface area contributed by atoms with Gasteiger partial charge in [0.25, 0.3) is 5.91 Å². The summed E-state index contributed by atoms with van der Waals surface area (Å²) in [6, 6.07) is 7.66. The van der Waals surface area contributed by atoms with E-state index >= 15 is 0 Å². The lowest BCUT2D eigenvalue weighted by Gasteiger charge is -2.30. The molecule has 126 valence electrons. The van der Waals surface area contributed by atoms with Gasteiger partial charge in [0.1, 0.15) is 5.56 Å². The molecular weight excluding hydrogens is 330 g/mol. The molecule has 1 aliphatic rings. The van der Waals surface area contributed by atoms with Gasteiger partial charge >= 0.3 is 5.97 Å². The Kier molecular flexibility index (Phi) is 4.48. The Morgan fingerprint density at radius 3 is 2.88 bits per heavy atom. The van der Waals surface area contributed by atoms with Crippen LogP contribution in [0.3, 0.4) is 0 Å². The molecule has 1 aromatic heterocycles. The number of benzene rings is 1. The van der Waals surface area contributed by atoms with Gasteiger partial charge in [0.15, 0.2) is 6.10 Å². The summed E-state index contributed by atoms with van der Waals surface area (Å²) in [6.45, 7) is 3.70. The smallest absolute Gasteiger partial charge is 0.346 e. The summed E-state index contributed by atoms with van der Waals surface area (Å²) in [5.41, 5.74) is 6.80. The number of hydrogen-bond donors (Lipinski definition) is 1. The Hall–Kier alpha value is -2.48. The van der Waals surface area contributed by atoms with Gasteiger partial charge < -0.3 is 19.9 Å². The average Bonchev–Trinajstić information content (AvgIpc) is 2.92. The third kappa shape index (κ3) is 2.96. The van der Waals surface area contributed by atoms with Crippen LogP contribution < -0.4 is 10.6 Å². The van der Waals surface area contributed by atoms with Gasteiger partial charge in [-0.25, -0.2) is 4.79 Å². The fourth-order valence-electron chi connectivity index (χ4n) is 2.52. The van der Waals surface area contributed by atoms with Crippen LogP contribution in [0.5, 0.6) is 0 Å². The number of esters is 1. The van der Waals surface area contributed by atoms with E-state index in [9.17, 15) is 9.59 Å². The molecule has 2 N–H and O–H groups in total. The van der Waals surface area contributed by atoms with Crippen molar-refractivity contribution in [2.75, 3.05) is 22.9 Å². The lowest BCUT2D eigenvalue weighted by molar-refractivity contribution is -0.126. The summed E-state index contributed by atoms with van der Waals surface area (Å²) in [5.74, 6) is -0.311. The minimum absolute atomic E-state index is 0.0595. The van der Waals surface area contributed by atoms with Gasteiger partial charge in [-0.05, 0) is 26.0 Å². The van der Waals surface area contributed by atoms with Crippen molar-refractivity contribution in [3.8, 4) is 0 Å². The Morgan fingerprint density at radius 2 is 2.17 bits per heavy atom. The van der Waals surface area contributed by atoms with Crippen molar-refractivity contribution < 1.29 is 18.8 Å². The van der Waals surface area contributed by atoms with Crippen molar-refractivity contribution in [1.82, 2.24) is 5.16 Å². The third-order valence-electron chi connectivity index (χ3n) is 3.72. The highest BCUT2D eigenvalue weighted by Crippen LogP contribution is 2.34. The SMILES string of the molecule is Cc1noc(N)c1C(=O)O[C@H](C)C(=O)N1CCSc2ccccc21. The van der Waals surface area contributed by atoms with E-state index in [0.29, 0.717) is 12.2 Å². The zero-order valence-electron chi connectivity index (χ0n) is 13.3. The summed E-state index contributed by atoms with van der Waals surface area (Å²) < 4.78 is 10.0. The van der Waals surface area contributed by atoms with Crippen LogP contribution in [0.1, 0.15) is 23.0 Å². The maximum absolute atomic E-state index is 12.7. The third-order valence-corrected chi connectivity index (χ3v) is 4.76. The topological polar surface area (TPSA) is 98.7 Å². The highest BCUT2D eigenvalue weighted by Gasteiger charge is 2.30. The molecule has 0 saturated carbocycles. The van der Waals surface area contributed by atoms with Gasteiger partial charge in [-0.1, -0.05) is 17.3 Å². The number of fused-ring (bicyclic) bond motifs is 1.